The van der Waals surface area contributed by atoms with Crippen LogP contribution in [0.2, 0.25) is 0 Å². The van der Waals surface area contributed by atoms with Crippen molar-refractivity contribution in [2.75, 3.05) is 0 Å². The maximum Gasteiger partial charge on any atom is 0.234 e. The number of nitrogens with zero attached hydrogens (tertiary/aromatic N) is 2. The largest absolute Gasteiger partial charge is 0.339 e. The van der Waals surface area contributed by atoms with Gasteiger partial charge in [0.15, 0.2) is 11.6 Å². The zero-order chi connectivity index (χ0) is 13.0. The third kappa shape index (κ3) is 2.83. The smallest absolute Gasteiger partial charge is 0.234 e. The number of benzene rings is 1. The van der Waals surface area contributed by atoms with Crippen molar-refractivity contribution in [2.45, 2.75) is 32.6 Å². The van der Waals surface area contributed by atoms with E-state index in [1.54, 1.807) is 12.1 Å². The Morgan fingerprint density at radius 3 is 2.72 bits per heavy atom. The Kier molecular flexibility index (Phi) is 3.87. The van der Waals surface area contributed by atoms with Crippen molar-refractivity contribution in [3.8, 4) is 0 Å². The Morgan fingerprint density at radius 2 is 2.06 bits per heavy atom. The SMILES string of the molecule is CCC(C)c1noc(CC(=O)c2ccccc2)n1. The number of hydrogen-bond acceptors (Lipinski definition) is 4. The Bertz CT molecular complexity index is 520. The summed E-state index contributed by atoms with van der Waals surface area (Å²) in [6.45, 7) is 4.10. The first-order valence-electron chi connectivity index (χ1n) is 6.11. The molecule has 0 bridgehead atoms. The van der Waals surface area contributed by atoms with Gasteiger partial charge < -0.3 is 4.52 Å². The third-order valence-corrected chi connectivity index (χ3v) is 2.94. The molecule has 0 radical (unpaired) electrons. The van der Waals surface area contributed by atoms with Crippen LogP contribution in [0.3, 0.4) is 0 Å². The van der Waals surface area contributed by atoms with E-state index < -0.39 is 0 Å². The summed E-state index contributed by atoms with van der Waals surface area (Å²) in [6.07, 6.45) is 1.11. The van der Waals surface area contributed by atoms with Crippen molar-refractivity contribution in [3.63, 3.8) is 0 Å². The minimum atomic E-state index is -0.00467. The number of rotatable bonds is 5. The van der Waals surface area contributed by atoms with E-state index >= 15 is 0 Å². The van der Waals surface area contributed by atoms with Crippen LogP contribution in [0, 0.1) is 0 Å². The molecule has 18 heavy (non-hydrogen) atoms. The number of carbonyl (C=O) groups excluding carboxylic acids is 1. The van der Waals surface area contributed by atoms with Crippen LogP contribution in [0.25, 0.3) is 0 Å². The van der Waals surface area contributed by atoms with Crippen LogP contribution >= 0.6 is 0 Å². The lowest BCUT2D eigenvalue weighted by atomic mass is 10.1. The van der Waals surface area contributed by atoms with Crippen LogP contribution < -0.4 is 0 Å². The maximum absolute atomic E-state index is 11.9. The molecular formula is C14H16N2O2. The molecule has 1 aromatic heterocycles. The van der Waals surface area contributed by atoms with Gasteiger partial charge in [0.1, 0.15) is 0 Å². The molecule has 0 aliphatic rings. The first kappa shape index (κ1) is 12.5. The van der Waals surface area contributed by atoms with E-state index in [1.165, 1.54) is 0 Å². The quantitative estimate of drug-likeness (QED) is 0.759. The number of carbonyl (C=O) groups is 1. The van der Waals surface area contributed by atoms with Crippen LogP contribution in [-0.2, 0) is 6.42 Å². The summed E-state index contributed by atoms with van der Waals surface area (Å²) >= 11 is 0. The van der Waals surface area contributed by atoms with E-state index in [2.05, 4.69) is 17.1 Å². The fourth-order valence-corrected chi connectivity index (χ4v) is 1.59. The Labute approximate surface area is 106 Å². The van der Waals surface area contributed by atoms with Crippen molar-refractivity contribution in [2.24, 2.45) is 0 Å². The third-order valence-electron chi connectivity index (χ3n) is 2.94. The van der Waals surface area contributed by atoms with E-state index in [4.69, 9.17) is 4.52 Å². The van der Waals surface area contributed by atoms with E-state index in [-0.39, 0.29) is 18.1 Å². The Balaban J connectivity index is 2.06. The molecular weight excluding hydrogens is 228 g/mol. The predicted molar refractivity (Wildman–Crippen MR) is 67.5 cm³/mol. The molecule has 2 rings (SSSR count). The summed E-state index contributed by atoms with van der Waals surface area (Å²) in [5.74, 6) is 1.32. The molecule has 0 N–H and O–H groups in total. The monoisotopic (exact) mass is 244 g/mol. The highest BCUT2D eigenvalue weighted by Gasteiger charge is 2.15. The van der Waals surface area contributed by atoms with Crippen molar-refractivity contribution in [1.29, 1.82) is 0 Å². The highest BCUT2D eigenvalue weighted by molar-refractivity contribution is 5.96. The molecule has 1 aromatic carbocycles. The molecule has 0 saturated heterocycles. The molecule has 0 amide bonds. The van der Waals surface area contributed by atoms with Gasteiger partial charge in [-0.3, -0.25) is 4.79 Å². The summed E-state index contributed by atoms with van der Waals surface area (Å²) in [5.41, 5.74) is 0.667. The molecule has 0 saturated carbocycles. The molecule has 2 aromatic rings. The highest BCUT2D eigenvalue weighted by Crippen LogP contribution is 2.15. The number of Topliss-reactive ketones (excluding diaryl/α,β-unsaturated/α-hetero) is 1. The van der Waals surface area contributed by atoms with E-state index in [0.717, 1.165) is 6.42 Å². The number of ketones is 1. The average molecular weight is 244 g/mol. The van der Waals surface area contributed by atoms with Gasteiger partial charge >= 0.3 is 0 Å². The van der Waals surface area contributed by atoms with Crippen LogP contribution in [-0.4, -0.2) is 15.9 Å². The van der Waals surface area contributed by atoms with Crippen molar-refractivity contribution >= 4 is 5.78 Å². The van der Waals surface area contributed by atoms with E-state index in [9.17, 15) is 4.79 Å². The molecule has 1 atom stereocenters. The van der Waals surface area contributed by atoms with Crippen molar-refractivity contribution in [1.82, 2.24) is 10.1 Å². The molecule has 0 aliphatic carbocycles. The summed E-state index contributed by atoms with van der Waals surface area (Å²) in [5, 5.41) is 3.90. The highest BCUT2D eigenvalue weighted by atomic mass is 16.5. The lowest BCUT2D eigenvalue weighted by Gasteiger charge is -1.99. The van der Waals surface area contributed by atoms with Gasteiger partial charge in [0.25, 0.3) is 0 Å². The maximum atomic E-state index is 11.9. The van der Waals surface area contributed by atoms with Crippen molar-refractivity contribution in [3.05, 3.63) is 47.6 Å². The summed E-state index contributed by atoms with van der Waals surface area (Å²) in [4.78, 5) is 16.2. The van der Waals surface area contributed by atoms with Gasteiger partial charge in [-0.1, -0.05) is 49.3 Å². The van der Waals surface area contributed by atoms with E-state index in [0.29, 0.717) is 17.3 Å². The lowest BCUT2D eigenvalue weighted by molar-refractivity contribution is 0.0983. The molecule has 1 heterocycles. The minimum Gasteiger partial charge on any atom is -0.339 e. The lowest BCUT2D eigenvalue weighted by Crippen LogP contribution is -2.04. The molecule has 4 heteroatoms. The number of aromatic nitrogens is 2. The summed E-state index contributed by atoms with van der Waals surface area (Å²) in [6, 6.07) is 9.13. The fourth-order valence-electron chi connectivity index (χ4n) is 1.59. The zero-order valence-electron chi connectivity index (χ0n) is 10.6. The van der Waals surface area contributed by atoms with Crippen molar-refractivity contribution < 1.29 is 9.32 Å². The topological polar surface area (TPSA) is 56.0 Å². The van der Waals surface area contributed by atoms with Crippen LogP contribution in [0.15, 0.2) is 34.9 Å². The fraction of sp³-hybridized carbons (Fsp3) is 0.357. The minimum absolute atomic E-state index is 0.00467. The second-order valence-corrected chi connectivity index (χ2v) is 4.32. The molecule has 4 nitrogen and oxygen atoms in total. The number of hydrogen-bond donors (Lipinski definition) is 0. The van der Waals surface area contributed by atoms with Gasteiger partial charge in [-0.25, -0.2) is 0 Å². The van der Waals surface area contributed by atoms with Crippen LogP contribution in [0.1, 0.15) is 48.3 Å². The molecule has 0 aliphatic heterocycles. The molecule has 0 spiro atoms. The second kappa shape index (κ2) is 5.58. The van der Waals surface area contributed by atoms with Gasteiger partial charge in [-0.05, 0) is 6.42 Å². The second-order valence-electron chi connectivity index (χ2n) is 4.32. The van der Waals surface area contributed by atoms with Gasteiger partial charge in [-0.15, -0.1) is 0 Å². The first-order valence-corrected chi connectivity index (χ1v) is 6.11. The molecule has 94 valence electrons. The van der Waals surface area contributed by atoms with Gasteiger partial charge in [0, 0.05) is 11.5 Å². The van der Waals surface area contributed by atoms with E-state index in [1.807, 2.05) is 25.1 Å². The zero-order valence-corrected chi connectivity index (χ0v) is 10.6. The molecule has 1 unspecified atom stereocenters. The first-order chi connectivity index (χ1) is 8.70. The van der Waals surface area contributed by atoms with Gasteiger partial charge in [0.2, 0.25) is 5.89 Å². The summed E-state index contributed by atoms with van der Waals surface area (Å²) in [7, 11) is 0. The Morgan fingerprint density at radius 1 is 1.33 bits per heavy atom. The average Bonchev–Trinajstić information content (AvgIpc) is 2.87. The Hall–Kier alpha value is -1.97. The normalized spacial score (nSPS) is 12.3. The standard InChI is InChI=1S/C14H16N2O2/c1-3-10(2)14-15-13(18-16-14)9-12(17)11-7-5-4-6-8-11/h4-8,10H,3,9H2,1-2H3. The van der Waals surface area contributed by atoms with Gasteiger partial charge in [-0.2, -0.15) is 4.98 Å². The molecule has 0 fully saturated rings. The van der Waals surface area contributed by atoms with Crippen LogP contribution in [0.5, 0.6) is 0 Å². The predicted octanol–water partition coefficient (Wildman–Crippen LogP) is 3.01. The van der Waals surface area contributed by atoms with Gasteiger partial charge in [0.05, 0.1) is 6.42 Å². The van der Waals surface area contributed by atoms with Crippen LogP contribution in [0.4, 0.5) is 0 Å². The summed E-state index contributed by atoms with van der Waals surface area (Å²) < 4.78 is 5.10.